The molecular formula is C15H22ClN3S. The molecule has 1 aliphatic heterocycles. The molecule has 20 heavy (non-hydrogen) atoms. The van der Waals surface area contributed by atoms with E-state index in [1.165, 1.54) is 19.4 Å². The first-order valence-corrected chi connectivity index (χ1v) is 7.94. The molecule has 1 aromatic carbocycles. The van der Waals surface area contributed by atoms with Crippen LogP contribution in [0.2, 0.25) is 5.02 Å². The maximum absolute atomic E-state index is 6.11. The maximum atomic E-state index is 6.11. The number of anilines is 1. The van der Waals surface area contributed by atoms with Crippen molar-refractivity contribution >= 4 is 34.6 Å². The fraction of sp³-hybridized carbons (Fsp3) is 0.533. The first kappa shape index (κ1) is 15.5. The van der Waals surface area contributed by atoms with Gasteiger partial charge in [0.25, 0.3) is 0 Å². The van der Waals surface area contributed by atoms with Crippen molar-refractivity contribution in [3.8, 4) is 0 Å². The molecule has 0 spiro atoms. The Morgan fingerprint density at radius 2 is 2.30 bits per heavy atom. The van der Waals surface area contributed by atoms with E-state index >= 15 is 0 Å². The number of thiocarbonyl (C=S) groups is 1. The zero-order chi connectivity index (χ0) is 14.5. The number of hydrogen-bond acceptors (Lipinski definition) is 2. The topological polar surface area (TPSA) is 27.3 Å². The van der Waals surface area contributed by atoms with E-state index in [9.17, 15) is 0 Å². The van der Waals surface area contributed by atoms with E-state index in [4.69, 9.17) is 23.8 Å². The second kappa shape index (κ2) is 7.25. The average molecular weight is 312 g/mol. The van der Waals surface area contributed by atoms with Crippen LogP contribution < -0.4 is 10.6 Å². The van der Waals surface area contributed by atoms with E-state index in [1.807, 2.05) is 25.1 Å². The van der Waals surface area contributed by atoms with Crippen molar-refractivity contribution in [2.75, 3.05) is 25.0 Å². The molecule has 0 saturated carbocycles. The van der Waals surface area contributed by atoms with Gasteiger partial charge in [0, 0.05) is 23.3 Å². The zero-order valence-electron chi connectivity index (χ0n) is 12.1. The number of likely N-dealkylation sites (N-methyl/N-ethyl adjacent to an activating group) is 1. The highest BCUT2D eigenvalue weighted by Crippen LogP contribution is 2.22. The minimum absolute atomic E-state index is 0.597. The van der Waals surface area contributed by atoms with Gasteiger partial charge in [-0.05, 0) is 62.8 Å². The van der Waals surface area contributed by atoms with Gasteiger partial charge in [0.15, 0.2) is 5.11 Å². The van der Waals surface area contributed by atoms with Crippen molar-refractivity contribution in [1.82, 2.24) is 10.2 Å². The highest BCUT2D eigenvalue weighted by Gasteiger charge is 2.22. The number of halogens is 1. The first-order chi connectivity index (χ1) is 9.61. The van der Waals surface area contributed by atoms with Gasteiger partial charge < -0.3 is 10.6 Å². The van der Waals surface area contributed by atoms with E-state index < -0.39 is 0 Å². The number of nitrogens with zero attached hydrogens (tertiary/aromatic N) is 1. The molecule has 0 bridgehead atoms. The van der Waals surface area contributed by atoms with Crippen LogP contribution in [0.3, 0.4) is 0 Å². The fourth-order valence-corrected chi connectivity index (χ4v) is 3.03. The van der Waals surface area contributed by atoms with Crippen molar-refractivity contribution < 1.29 is 0 Å². The Labute approximate surface area is 131 Å². The molecule has 1 fully saturated rings. The molecule has 1 aromatic rings. The van der Waals surface area contributed by atoms with Crippen molar-refractivity contribution in [2.24, 2.45) is 0 Å². The summed E-state index contributed by atoms with van der Waals surface area (Å²) in [6, 6.07) is 6.40. The second-order valence-corrected chi connectivity index (χ2v) is 5.99. The molecule has 0 amide bonds. The van der Waals surface area contributed by atoms with Crippen LogP contribution in [0.15, 0.2) is 18.2 Å². The maximum Gasteiger partial charge on any atom is 0.170 e. The van der Waals surface area contributed by atoms with Crippen LogP contribution >= 0.6 is 23.8 Å². The molecule has 5 heteroatoms. The molecule has 1 heterocycles. The van der Waals surface area contributed by atoms with Crippen molar-refractivity contribution in [3.05, 3.63) is 28.8 Å². The molecule has 0 aromatic heterocycles. The minimum Gasteiger partial charge on any atom is -0.361 e. The van der Waals surface area contributed by atoms with Crippen molar-refractivity contribution in [2.45, 2.75) is 32.7 Å². The standard InChI is InChI=1S/C15H22ClN3S/c1-3-19-9-5-6-12(19)10-17-15(20)18-14-8-4-7-13(16)11(14)2/h4,7-8,12H,3,5-6,9-10H2,1-2H3,(H2,17,18,20)/t12-/m0/s1. The average Bonchev–Trinajstić information content (AvgIpc) is 2.89. The predicted octanol–water partition coefficient (Wildman–Crippen LogP) is 3.42. The summed E-state index contributed by atoms with van der Waals surface area (Å²) in [4.78, 5) is 2.50. The number of hydrogen-bond donors (Lipinski definition) is 2. The van der Waals surface area contributed by atoms with Gasteiger partial charge in [0.2, 0.25) is 0 Å². The van der Waals surface area contributed by atoms with Gasteiger partial charge in [-0.25, -0.2) is 0 Å². The highest BCUT2D eigenvalue weighted by atomic mass is 35.5. The summed E-state index contributed by atoms with van der Waals surface area (Å²) >= 11 is 11.5. The molecule has 1 aliphatic rings. The van der Waals surface area contributed by atoms with Gasteiger partial charge in [-0.3, -0.25) is 4.90 Å². The van der Waals surface area contributed by atoms with Crippen LogP contribution in [-0.4, -0.2) is 35.7 Å². The van der Waals surface area contributed by atoms with Gasteiger partial charge in [0.1, 0.15) is 0 Å². The lowest BCUT2D eigenvalue weighted by Crippen LogP contribution is -2.41. The Kier molecular flexibility index (Phi) is 5.64. The SMILES string of the molecule is CCN1CCC[C@H]1CNC(=S)Nc1cccc(Cl)c1C. The third-order valence-corrected chi connectivity index (χ3v) is 4.58. The normalized spacial score (nSPS) is 19.1. The Hall–Kier alpha value is -0.840. The van der Waals surface area contributed by atoms with E-state index in [0.29, 0.717) is 11.2 Å². The summed E-state index contributed by atoms with van der Waals surface area (Å²) in [7, 11) is 0. The molecular weight excluding hydrogens is 290 g/mol. The van der Waals surface area contributed by atoms with E-state index in [1.54, 1.807) is 0 Å². The molecule has 3 nitrogen and oxygen atoms in total. The van der Waals surface area contributed by atoms with Crippen LogP contribution in [0.4, 0.5) is 5.69 Å². The second-order valence-electron chi connectivity index (χ2n) is 5.17. The lowest BCUT2D eigenvalue weighted by Gasteiger charge is -2.23. The van der Waals surface area contributed by atoms with Gasteiger partial charge >= 0.3 is 0 Å². The van der Waals surface area contributed by atoms with E-state index in [2.05, 4.69) is 22.5 Å². The van der Waals surface area contributed by atoms with Crippen LogP contribution in [0.25, 0.3) is 0 Å². The number of rotatable bonds is 4. The molecule has 1 saturated heterocycles. The van der Waals surface area contributed by atoms with Gasteiger partial charge in [-0.15, -0.1) is 0 Å². The molecule has 0 unspecified atom stereocenters. The summed E-state index contributed by atoms with van der Waals surface area (Å²) in [6.07, 6.45) is 2.54. The summed E-state index contributed by atoms with van der Waals surface area (Å²) in [5, 5.41) is 7.97. The zero-order valence-corrected chi connectivity index (χ0v) is 13.7. The van der Waals surface area contributed by atoms with Gasteiger partial charge in [0.05, 0.1) is 0 Å². The van der Waals surface area contributed by atoms with Crippen LogP contribution in [0, 0.1) is 6.92 Å². The smallest absolute Gasteiger partial charge is 0.170 e. The molecule has 2 N–H and O–H groups in total. The Morgan fingerprint density at radius 3 is 3.05 bits per heavy atom. The molecule has 2 rings (SSSR count). The quantitative estimate of drug-likeness (QED) is 0.833. The lowest BCUT2D eigenvalue weighted by atomic mass is 10.2. The Morgan fingerprint density at radius 1 is 1.50 bits per heavy atom. The summed E-state index contributed by atoms with van der Waals surface area (Å²) in [5.74, 6) is 0. The number of nitrogens with one attached hydrogen (secondary N) is 2. The van der Waals surface area contributed by atoms with Crippen molar-refractivity contribution in [1.29, 1.82) is 0 Å². The van der Waals surface area contributed by atoms with Gasteiger partial charge in [-0.1, -0.05) is 24.6 Å². The highest BCUT2D eigenvalue weighted by molar-refractivity contribution is 7.80. The monoisotopic (exact) mass is 311 g/mol. The third kappa shape index (κ3) is 3.84. The third-order valence-electron chi connectivity index (χ3n) is 3.92. The molecule has 0 aliphatic carbocycles. The molecule has 1 atom stereocenters. The number of benzene rings is 1. The van der Waals surface area contributed by atoms with Crippen molar-refractivity contribution in [3.63, 3.8) is 0 Å². The predicted molar refractivity (Wildman–Crippen MR) is 90.7 cm³/mol. The first-order valence-electron chi connectivity index (χ1n) is 7.15. The van der Waals surface area contributed by atoms with Crippen LogP contribution in [0.1, 0.15) is 25.3 Å². The van der Waals surface area contributed by atoms with E-state index in [-0.39, 0.29) is 0 Å². The van der Waals surface area contributed by atoms with Crippen LogP contribution in [-0.2, 0) is 0 Å². The lowest BCUT2D eigenvalue weighted by molar-refractivity contribution is 0.267. The largest absolute Gasteiger partial charge is 0.361 e. The van der Waals surface area contributed by atoms with Gasteiger partial charge in [-0.2, -0.15) is 0 Å². The summed E-state index contributed by atoms with van der Waals surface area (Å²) < 4.78 is 0. The fourth-order valence-electron chi connectivity index (χ4n) is 2.66. The molecule has 0 radical (unpaired) electrons. The summed E-state index contributed by atoms with van der Waals surface area (Å²) in [6.45, 7) is 7.42. The summed E-state index contributed by atoms with van der Waals surface area (Å²) in [5.41, 5.74) is 1.99. The Balaban J connectivity index is 1.85. The van der Waals surface area contributed by atoms with E-state index in [0.717, 1.165) is 29.4 Å². The molecule has 110 valence electrons. The number of likely N-dealkylation sites (tertiary alicyclic amines) is 1. The minimum atomic E-state index is 0.597. The Bertz CT molecular complexity index is 478. The van der Waals surface area contributed by atoms with Crippen LogP contribution in [0.5, 0.6) is 0 Å².